The fourth-order valence-electron chi connectivity index (χ4n) is 3.66. The van der Waals surface area contributed by atoms with E-state index in [0.29, 0.717) is 51.1 Å². The zero-order chi connectivity index (χ0) is 19.0. The Balaban J connectivity index is 1.65. The topological polar surface area (TPSA) is 71.9 Å². The van der Waals surface area contributed by atoms with Crippen molar-refractivity contribution in [3.05, 3.63) is 28.5 Å². The average molecular weight is 427 g/mol. The van der Waals surface area contributed by atoms with Crippen molar-refractivity contribution in [3.8, 4) is 0 Å². The van der Waals surface area contributed by atoms with Crippen molar-refractivity contribution >= 4 is 22.0 Å². The maximum atomic E-state index is 12.4. The highest BCUT2D eigenvalue weighted by molar-refractivity contribution is 9.10. The van der Waals surface area contributed by atoms with Gasteiger partial charge in [-0.05, 0) is 74.5 Å². The second-order valence-electron chi connectivity index (χ2n) is 8.33. The molecule has 2 fully saturated rings. The quantitative estimate of drug-likeness (QED) is 0.742. The maximum absolute atomic E-state index is 12.4. The van der Waals surface area contributed by atoms with Gasteiger partial charge in [0.05, 0.1) is 24.4 Å². The van der Waals surface area contributed by atoms with E-state index in [0.717, 1.165) is 4.47 Å². The van der Waals surface area contributed by atoms with Gasteiger partial charge in [-0.1, -0.05) is 0 Å². The van der Waals surface area contributed by atoms with Crippen molar-refractivity contribution in [1.29, 1.82) is 0 Å². The molecule has 0 radical (unpaired) electrons. The van der Waals surface area contributed by atoms with E-state index in [1.807, 2.05) is 32.9 Å². The number of morpholine rings is 1. The van der Waals surface area contributed by atoms with Crippen molar-refractivity contribution in [3.63, 3.8) is 0 Å². The molecule has 1 spiro atoms. The minimum atomic E-state index is -0.941. The third-order valence-corrected chi connectivity index (χ3v) is 5.56. The van der Waals surface area contributed by atoms with Crippen molar-refractivity contribution in [2.24, 2.45) is 0 Å². The Hall–Kier alpha value is -1.18. The molecular formula is C19H27BrN2O4. The molecule has 0 unspecified atom stereocenters. The van der Waals surface area contributed by atoms with Gasteiger partial charge in [-0.25, -0.2) is 4.79 Å². The summed E-state index contributed by atoms with van der Waals surface area (Å²) in [6, 6.07) is 3.75. The Morgan fingerprint density at radius 3 is 2.58 bits per heavy atom. The lowest BCUT2D eigenvalue weighted by atomic mass is 9.73. The van der Waals surface area contributed by atoms with Gasteiger partial charge in [0.1, 0.15) is 11.2 Å². The zero-order valence-corrected chi connectivity index (χ0v) is 17.2. The maximum Gasteiger partial charge on any atom is 0.410 e. The number of carbonyl (C=O) groups excluding carboxylic acids is 1. The molecule has 1 aromatic heterocycles. The van der Waals surface area contributed by atoms with E-state index in [-0.39, 0.29) is 6.09 Å². The van der Waals surface area contributed by atoms with Crippen LogP contribution in [0.4, 0.5) is 4.79 Å². The first-order valence-corrected chi connectivity index (χ1v) is 9.87. The largest absolute Gasteiger partial charge is 0.444 e. The summed E-state index contributed by atoms with van der Waals surface area (Å²) >= 11 is 3.37. The smallest absolute Gasteiger partial charge is 0.410 e. The summed E-state index contributed by atoms with van der Waals surface area (Å²) in [5, 5.41) is 11.0. The number of pyridine rings is 1. The lowest BCUT2D eigenvalue weighted by molar-refractivity contribution is -0.155. The zero-order valence-electron chi connectivity index (χ0n) is 15.6. The molecule has 1 aliphatic heterocycles. The van der Waals surface area contributed by atoms with Gasteiger partial charge in [0.25, 0.3) is 0 Å². The molecule has 1 aromatic rings. The number of aromatic nitrogens is 1. The average Bonchev–Trinajstić information content (AvgIpc) is 2.57. The molecule has 1 N–H and O–H groups in total. The van der Waals surface area contributed by atoms with Gasteiger partial charge >= 0.3 is 6.09 Å². The number of halogens is 1. The van der Waals surface area contributed by atoms with Crippen LogP contribution in [0, 0.1) is 0 Å². The van der Waals surface area contributed by atoms with Crippen LogP contribution in [0.25, 0.3) is 0 Å². The van der Waals surface area contributed by atoms with Crippen LogP contribution in [0.15, 0.2) is 22.8 Å². The van der Waals surface area contributed by atoms with E-state index < -0.39 is 16.8 Å². The summed E-state index contributed by atoms with van der Waals surface area (Å²) in [5.74, 6) is 0. The molecule has 2 aliphatic rings. The summed E-state index contributed by atoms with van der Waals surface area (Å²) in [6.45, 7) is 7.14. The van der Waals surface area contributed by atoms with Gasteiger partial charge in [0.2, 0.25) is 0 Å². The number of hydrogen-bond donors (Lipinski definition) is 1. The lowest BCUT2D eigenvalue weighted by Crippen LogP contribution is -2.57. The fourth-order valence-corrected chi connectivity index (χ4v) is 3.89. The molecule has 0 atom stereocenters. The van der Waals surface area contributed by atoms with Crippen molar-refractivity contribution in [2.75, 3.05) is 19.7 Å². The van der Waals surface area contributed by atoms with Crippen LogP contribution < -0.4 is 0 Å². The predicted octanol–water partition coefficient (Wildman–Crippen LogP) is 3.61. The van der Waals surface area contributed by atoms with E-state index in [4.69, 9.17) is 9.47 Å². The van der Waals surface area contributed by atoms with Crippen LogP contribution in [0.3, 0.4) is 0 Å². The molecule has 1 saturated heterocycles. The molecular weight excluding hydrogens is 400 g/mol. The first-order chi connectivity index (χ1) is 12.1. The third kappa shape index (κ3) is 4.38. The van der Waals surface area contributed by atoms with E-state index in [9.17, 15) is 9.90 Å². The first kappa shape index (κ1) is 19.6. The third-order valence-electron chi connectivity index (χ3n) is 5.09. The SMILES string of the molecule is CC(C)(C)OC(=O)N1CCOC2(CCC(O)(c3ccc(Br)cn3)CC2)C1. The monoisotopic (exact) mass is 426 g/mol. The summed E-state index contributed by atoms with van der Waals surface area (Å²) in [6.07, 6.45) is 3.89. The summed E-state index contributed by atoms with van der Waals surface area (Å²) in [5.41, 5.74) is -1.17. The molecule has 3 rings (SSSR count). The number of rotatable bonds is 1. The van der Waals surface area contributed by atoms with Crippen LogP contribution in [0.1, 0.15) is 52.1 Å². The molecule has 0 aromatic carbocycles. The highest BCUT2D eigenvalue weighted by Crippen LogP contribution is 2.43. The summed E-state index contributed by atoms with van der Waals surface area (Å²) < 4.78 is 12.5. The van der Waals surface area contributed by atoms with E-state index in [2.05, 4.69) is 20.9 Å². The van der Waals surface area contributed by atoms with Crippen LogP contribution in [0.5, 0.6) is 0 Å². The van der Waals surface area contributed by atoms with Gasteiger partial charge in [0.15, 0.2) is 0 Å². The first-order valence-electron chi connectivity index (χ1n) is 9.07. The summed E-state index contributed by atoms with van der Waals surface area (Å²) in [7, 11) is 0. The molecule has 0 bridgehead atoms. The number of hydrogen-bond acceptors (Lipinski definition) is 5. The molecule has 6 nitrogen and oxygen atoms in total. The molecule has 1 saturated carbocycles. The van der Waals surface area contributed by atoms with Crippen molar-refractivity contribution in [1.82, 2.24) is 9.88 Å². The molecule has 1 aliphatic carbocycles. The second kappa shape index (κ2) is 7.09. The Morgan fingerprint density at radius 1 is 1.31 bits per heavy atom. The van der Waals surface area contributed by atoms with E-state index in [1.54, 1.807) is 11.1 Å². The van der Waals surface area contributed by atoms with E-state index in [1.165, 1.54) is 0 Å². The minimum Gasteiger partial charge on any atom is -0.444 e. The van der Waals surface area contributed by atoms with Crippen molar-refractivity contribution in [2.45, 2.75) is 63.3 Å². The normalized spacial score (nSPS) is 29.7. The van der Waals surface area contributed by atoms with E-state index >= 15 is 0 Å². The number of nitrogens with zero attached hydrogens (tertiary/aromatic N) is 2. The second-order valence-corrected chi connectivity index (χ2v) is 9.24. The Bertz CT molecular complexity index is 648. The standard InChI is InChI=1S/C19H27BrN2O4/c1-17(2,3)26-16(23)22-10-11-25-18(13-22)6-8-19(24,9-7-18)15-5-4-14(20)12-21-15/h4-5,12,24H,6-11,13H2,1-3H3. The number of carbonyl (C=O) groups is 1. The van der Waals surface area contributed by atoms with Crippen LogP contribution in [-0.4, -0.2) is 52.0 Å². The van der Waals surface area contributed by atoms with Crippen LogP contribution in [0.2, 0.25) is 0 Å². The fraction of sp³-hybridized carbons (Fsp3) is 0.684. The highest BCUT2D eigenvalue weighted by Gasteiger charge is 2.47. The van der Waals surface area contributed by atoms with Crippen molar-refractivity contribution < 1.29 is 19.4 Å². The summed E-state index contributed by atoms with van der Waals surface area (Å²) in [4.78, 5) is 18.5. The minimum absolute atomic E-state index is 0.296. The lowest BCUT2D eigenvalue weighted by Gasteiger charge is -2.48. The molecule has 144 valence electrons. The Labute approximate surface area is 163 Å². The Kier molecular flexibility index (Phi) is 5.34. The predicted molar refractivity (Wildman–Crippen MR) is 101 cm³/mol. The number of amides is 1. The molecule has 7 heteroatoms. The van der Waals surface area contributed by atoms with Gasteiger partial charge < -0.3 is 19.5 Å². The Morgan fingerprint density at radius 2 is 2.00 bits per heavy atom. The van der Waals surface area contributed by atoms with Gasteiger partial charge in [-0.15, -0.1) is 0 Å². The number of aliphatic hydroxyl groups is 1. The highest BCUT2D eigenvalue weighted by atomic mass is 79.9. The number of ether oxygens (including phenoxy) is 2. The van der Waals surface area contributed by atoms with Crippen LogP contribution in [-0.2, 0) is 15.1 Å². The molecule has 2 heterocycles. The van der Waals surface area contributed by atoms with Gasteiger partial charge in [-0.3, -0.25) is 4.98 Å². The van der Waals surface area contributed by atoms with Gasteiger partial charge in [-0.2, -0.15) is 0 Å². The van der Waals surface area contributed by atoms with Crippen LogP contribution >= 0.6 is 15.9 Å². The van der Waals surface area contributed by atoms with Gasteiger partial charge in [0, 0.05) is 17.2 Å². The molecule has 26 heavy (non-hydrogen) atoms. The molecule has 1 amide bonds.